The molecule has 0 bridgehead atoms. The summed E-state index contributed by atoms with van der Waals surface area (Å²) in [6.45, 7) is 6.98. The Balaban J connectivity index is 2.48. The molecule has 1 aromatic carbocycles. The van der Waals surface area contributed by atoms with Gasteiger partial charge >= 0.3 is 0 Å². The van der Waals surface area contributed by atoms with Crippen LogP contribution in [0.2, 0.25) is 0 Å². The maximum absolute atomic E-state index is 11.6. The highest BCUT2D eigenvalue weighted by molar-refractivity contribution is 9.10. The fourth-order valence-electron chi connectivity index (χ4n) is 2.38. The van der Waals surface area contributed by atoms with E-state index >= 15 is 0 Å². The van der Waals surface area contributed by atoms with Gasteiger partial charge in [0.2, 0.25) is 5.91 Å². The van der Waals surface area contributed by atoms with E-state index in [0.29, 0.717) is 12.5 Å². The molecule has 1 amide bonds. The first-order valence-electron chi connectivity index (χ1n) is 6.11. The minimum absolute atomic E-state index is 0.0570. The highest BCUT2D eigenvalue weighted by Crippen LogP contribution is 2.33. The predicted molar refractivity (Wildman–Crippen MR) is 74.5 cm³/mol. The van der Waals surface area contributed by atoms with Gasteiger partial charge in [0.1, 0.15) is 6.61 Å². The number of amides is 1. The summed E-state index contributed by atoms with van der Waals surface area (Å²) in [4.78, 5) is 11.6. The highest BCUT2D eigenvalue weighted by Gasteiger charge is 2.35. The zero-order valence-corrected chi connectivity index (χ0v) is 12.5. The summed E-state index contributed by atoms with van der Waals surface area (Å²) >= 11 is 3.50. The number of morpholine rings is 1. The molecule has 1 aromatic rings. The van der Waals surface area contributed by atoms with Gasteiger partial charge in [0.15, 0.2) is 0 Å². The second kappa shape index (κ2) is 5.02. The molecule has 1 heterocycles. The molecule has 1 fully saturated rings. The lowest BCUT2D eigenvalue weighted by atomic mass is 9.84. The Kier molecular flexibility index (Phi) is 3.78. The lowest BCUT2D eigenvalue weighted by molar-refractivity contribution is -0.135. The topological polar surface area (TPSA) is 38.3 Å². The van der Waals surface area contributed by atoms with Gasteiger partial charge in [-0.05, 0) is 36.1 Å². The third kappa shape index (κ3) is 2.59. The van der Waals surface area contributed by atoms with Crippen LogP contribution in [0.1, 0.15) is 37.8 Å². The van der Waals surface area contributed by atoms with E-state index in [4.69, 9.17) is 4.74 Å². The Hall–Kier alpha value is -0.870. The van der Waals surface area contributed by atoms with Gasteiger partial charge in [-0.1, -0.05) is 35.8 Å². The molecule has 1 aliphatic heterocycles. The van der Waals surface area contributed by atoms with E-state index in [9.17, 15) is 4.79 Å². The summed E-state index contributed by atoms with van der Waals surface area (Å²) in [5.74, 6) is 0.349. The molecule has 4 heteroatoms. The van der Waals surface area contributed by atoms with Crippen molar-refractivity contribution in [3.05, 3.63) is 33.8 Å². The Bertz CT molecular complexity index is 473. The number of hydrogen-bond donors (Lipinski definition) is 1. The first-order valence-corrected chi connectivity index (χ1v) is 6.90. The van der Waals surface area contributed by atoms with Crippen LogP contribution in [0, 0.1) is 0 Å². The normalized spacial score (nSPS) is 24.2. The van der Waals surface area contributed by atoms with Gasteiger partial charge in [0, 0.05) is 4.47 Å². The van der Waals surface area contributed by atoms with Gasteiger partial charge in [-0.15, -0.1) is 0 Å². The molecule has 0 aromatic heterocycles. The second-order valence-electron chi connectivity index (χ2n) is 5.26. The van der Waals surface area contributed by atoms with Crippen molar-refractivity contribution in [3.63, 3.8) is 0 Å². The average molecular weight is 312 g/mol. The fourth-order valence-corrected chi connectivity index (χ4v) is 2.74. The summed E-state index contributed by atoms with van der Waals surface area (Å²) in [5, 5.41) is 3.05. The molecule has 0 aliphatic carbocycles. The molecular weight excluding hydrogens is 294 g/mol. The quantitative estimate of drug-likeness (QED) is 0.912. The number of halogens is 1. The maximum atomic E-state index is 11.6. The van der Waals surface area contributed by atoms with Gasteiger partial charge < -0.3 is 10.1 Å². The molecule has 0 radical (unpaired) electrons. The Morgan fingerprint density at radius 1 is 1.44 bits per heavy atom. The lowest BCUT2D eigenvalue weighted by Crippen LogP contribution is -2.53. The number of nitrogens with one attached hydrogen (secondary N) is 1. The zero-order chi connectivity index (χ0) is 13.3. The molecule has 2 rings (SSSR count). The van der Waals surface area contributed by atoms with Gasteiger partial charge in [0.05, 0.1) is 12.1 Å². The van der Waals surface area contributed by atoms with Crippen molar-refractivity contribution in [2.24, 2.45) is 0 Å². The molecule has 18 heavy (non-hydrogen) atoms. The molecule has 3 nitrogen and oxygen atoms in total. The van der Waals surface area contributed by atoms with Crippen LogP contribution in [-0.2, 0) is 15.1 Å². The summed E-state index contributed by atoms with van der Waals surface area (Å²) in [5.41, 5.74) is 1.92. The van der Waals surface area contributed by atoms with Crippen LogP contribution in [0.4, 0.5) is 0 Å². The number of ether oxygens (including phenoxy) is 1. The summed E-state index contributed by atoms with van der Waals surface area (Å²) < 4.78 is 6.42. The molecule has 98 valence electrons. The molecule has 1 saturated heterocycles. The standard InChI is InChI=1S/C14H18BrNO2/c1-9(2)11-5-4-10(15)6-12(11)14(3)8-18-7-13(17)16-14/h4-6,9H,7-8H2,1-3H3,(H,16,17). The van der Waals surface area contributed by atoms with Crippen LogP contribution in [0.15, 0.2) is 22.7 Å². The number of carbonyl (C=O) groups excluding carboxylic acids is 1. The Morgan fingerprint density at radius 2 is 2.17 bits per heavy atom. The average Bonchev–Trinajstić information content (AvgIpc) is 2.28. The molecule has 1 atom stereocenters. The van der Waals surface area contributed by atoms with Crippen molar-refractivity contribution >= 4 is 21.8 Å². The number of carbonyl (C=O) groups is 1. The fraction of sp³-hybridized carbons (Fsp3) is 0.500. The van der Waals surface area contributed by atoms with Crippen molar-refractivity contribution in [2.75, 3.05) is 13.2 Å². The summed E-state index contributed by atoms with van der Waals surface area (Å²) in [6.07, 6.45) is 0. The van der Waals surface area contributed by atoms with Gasteiger partial charge in [-0.2, -0.15) is 0 Å². The Labute approximate surface area is 116 Å². The van der Waals surface area contributed by atoms with Gasteiger partial charge in [0.25, 0.3) is 0 Å². The van der Waals surface area contributed by atoms with Gasteiger partial charge in [-0.3, -0.25) is 4.79 Å². The van der Waals surface area contributed by atoms with Crippen molar-refractivity contribution in [1.82, 2.24) is 5.32 Å². The molecule has 1 N–H and O–H groups in total. The zero-order valence-electron chi connectivity index (χ0n) is 10.9. The highest BCUT2D eigenvalue weighted by atomic mass is 79.9. The van der Waals surface area contributed by atoms with Crippen LogP contribution >= 0.6 is 15.9 Å². The largest absolute Gasteiger partial charge is 0.369 e. The van der Waals surface area contributed by atoms with E-state index in [2.05, 4.69) is 47.2 Å². The van der Waals surface area contributed by atoms with Crippen molar-refractivity contribution in [2.45, 2.75) is 32.2 Å². The third-order valence-corrected chi connectivity index (χ3v) is 3.76. The number of rotatable bonds is 2. The molecule has 1 unspecified atom stereocenters. The SMILES string of the molecule is CC(C)c1ccc(Br)cc1C1(C)COCC(=O)N1. The number of benzene rings is 1. The van der Waals surface area contributed by atoms with E-state index in [0.717, 1.165) is 10.0 Å². The summed E-state index contributed by atoms with van der Waals surface area (Å²) in [7, 11) is 0. The maximum Gasteiger partial charge on any atom is 0.246 e. The van der Waals surface area contributed by atoms with Crippen LogP contribution in [-0.4, -0.2) is 19.1 Å². The van der Waals surface area contributed by atoms with E-state index < -0.39 is 5.54 Å². The first kappa shape index (κ1) is 13.6. The van der Waals surface area contributed by atoms with Crippen LogP contribution < -0.4 is 5.32 Å². The molecule has 0 saturated carbocycles. The van der Waals surface area contributed by atoms with Crippen LogP contribution in [0.3, 0.4) is 0 Å². The summed E-state index contributed by atoms with van der Waals surface area (Å²) in [6, 6.07) is 6.22. The lowest BCUT2D eigenvalue weighted by Gasteiger charge is -2.37. The van der Waals surface area contributed by atoms with Crippen molar-refractivity contribution in [3.8, 4) is 0 Å². The third-order valence-electron chi connectivity index (χ3n) is 3.27. The van der Waals surface area contributed by atoms with Crippen molar-refractivity contribution < 1.29 is 9.53 Å². The van der Waals surface area contributed by atoms with Crippen LogP contribution in [0.5, 0.6) is 0 Å². The molecule has 1 aliphatic rings. The van der Waals surface area contributed by atoms with E-state index in [1.54, 1.807) is 0 Å². The monoisotopic (exact) mass is 311 g/mol. The van der Waals surface area contributed by atoms with Gasteiger partial charge in [-0.25, -0.2) is 0 Å². The van der Waals surface area contributed by atoms with E-state index in [1.807, 2.05) is 13.0 Å². The predicted octanol–water partition coefficient (Wildman–Crippen LogP) is 2.93. The van der Waals surface area contributed by atoms with E-state index in [-0.39, 0.29) is 12.5 Å². The smallest absolute Gasteiger partial charge is 0.246 e. The second-order valence-corrected chi connectivity index (χ2v) is 6.18. The minimum atomic E-state index is -0.446. The van der Waals surface area contributed by atoms with E-state index in [1.165, 1.54) is 5.56 Å². The van der Waals surface area contributed by atoms with Crippen molar-refractivity contribution in [1.29, 1.82) is 0 Å². The Morgan fingerprint density at radius 3 is 2.78 bits per heavy atom. The number of hydrogen-bond acceptors (Lipinski definition) is 2. The van der Waals surface area contributed by atoms with Crippen LogP contribution in [0.25, 0.3) is 0 Å². The minimum Gasteiger partial charge on any atom is -0.369 e. The molecule has 0 spiro atoms. The first-order chi connectivity index (χ1) is 8.42. The molecular formula is C14H18BrNO2.